The van der Waals surface area contributed by atoms with E-state index in [1.54, 1.807) is 6.07 Å². The Balaban J connectivity index is 1.40. The Kier molecular flexibility index (Phi) is 4.18. The van der Waals surface area contributed by atoms with Gasteiger partial charge in [-0.2, -0.15) is 0 Å². The van der Waals surface area contributed by atoms with Crippen molar-refractivity contribution in [3.05, 3.63) is 60.0 Å². The van der Waals surface area contributed by atoms with Crippen molar-refractivity contribution in [3.8, 4) is 0 Å². The molecule has 2 heterocycles. The maximum Gasteiger partial charge on any atom is 0.407 e. The molecule has 1 N–H and O–H groups in total. The normalized spacial score (nSPS) is 14.3. The second kappa shape index (κ2) is 6.43. The van der Waals surface area contributed by atoms with E-state index >= 15 is 0 Å². The van der Waals surface area contributed by atoms with Crippen molar-refractivity contribution < 1.29 is 13.9 Å². The van der Waals surface area contributed by atoms with Gasteiger partial charge in [0, 0.05) is 13.1 Å². The van der Waals surface area contributed by atoms with Gasteiger partial charge in [-0.15, -0.1) is 0 Å². The first-order chi connectivity index (χ1) is 10.7. The molecular weight excluding hydrogens is 285 g/mol. The van der Waals surface area contributed by atoms with Crippen molar-refractivity contribution >= 4 is 11.9 Å². The zero-order valence-corrected chi connectivity index (χ0v) is 11.9. The van der Waals surface area contributed by atoms with E-state index in [0.717, 1.165) is 5.56 Å². The Morgan fingerprint density at radius 1 is 1.27 bits per heavy atom. The summed E-state index contributed by atoms with van der Waals surface area (Å²) >= 11 is 0. The highest BCUT2D eigenvalue weighted by Crippen LogP contribution is 2.18. The summed E-state index contributed by atoms with van der Waals surface area (Å²) in [4.78, 5) is 17.6. The zero-order chi connectivity index (χ0) is 15.4. The third kappa shape index (κ3) is 3.52. The average molecular weight is 301 g/mol. The minimum Gasteiger partial charge on any atom is -0.445 e. The number of carbonyl (C=O) groups excluding carboxylic acids is 1. The number of benzene rings is 1. The number of aromatic nitrogens is 1. The summed E-state index contributed by atoms with van der Waals surface area (Å²) in [7, 11) is 0. The van der Waals surface area contributed by atoms with E-state index in [9.17, 15) is 9.18 Å². The third-order valence-corrected chi connectivity index (χ3v) is 3.45. The van der Waals surface area contributed by atoms with E-state index in [2.05, 4.69) is 10.3 Å². The molecule has 1 saturated heterocycles. The maximum absolute atomic E-state index is 12.8. The largest absolute Gasteiger partial charge is 0.445 e. The second-order valence-electron chi connectivity index (χ2n) is 5.14. The topological polar surface area (TPSA) is 54.5 Å². The average Bonchev–Trinajstić information content (AvgIpc) is 2.51. The van der Waals surface area contributed by atoms with Crippen LogP contribution in [0.15, 0.2) is 48.7 Å². The fraction of sp³-hybridized carbons (Fsp3) is 0.250. The van der Waals surface area contributed by atoms with Crippen molar-refractivity contribution in [1.29, 1.82) is 0 Å². The van der Waals surface area contributed by atoms with Crippen LogP contribution in [0.4, 0.5) is 15.0 Å². The Morgan fingerprint density at radius 2 is 2.05 bits per heavy atom. The van der Waals surface area contributed by atoms with Gasteiger partial charge in [0.1, 0.15) is 18.2 Å². The Bertz CT molecular complexity index is 628. The number of pyridine rings is 1. The molecule has 6 heteroatoms. The summed E-state index contributed by atoms with van der Waals surface area (Å²) in [5.74, 6) is 0.348. The van der Waals surface area contributed by atoms with Gasteiger partial charge in [-0.1, -0.05) is 30.3 Å². The molecule has 1 amide bonds. The highest BCUT2D eigenvalue weighted by molar-refractivity contribution is 5.68. The lowest BCUT2D eigenvalue weighted by molar-refractivity contribution is 0.133. The molecule has 0 atom stereocenters. The number of anilines is 1. The third-order valence-electron chi connectivity index (χ3n) is 3.45. The van der Waals surface area contributed by atoms with E-state index in [1.807, 2.05) is 35.2 Å². The van der Waals surface area contributed by atoms with Gasteiger partial charge >= 0.3 is 6.09 Å². The quantitative estimate of drug-likeness (QED) is 0.942. The molecule has 0 aliphatic carbocycles. The minimum atomic E-state index is -0.430. The van der Waals surface area contributed by atoms with Crippen LogP contribution in [0.5, 0.6) is 0 Å². The van der Waals surface area contributed by atoms with Gasteiger partial charge in [-0.05, 0) is 17.7 Å². The first-order valence-electron chi connectivity index (χ1n) is 7.04. The zero-order valence-electron chi connectivity index (χ0n) is 11.9. The van der Waals surface area contributed by atoms with Gasteiger partial charge in [0.25, 0.3) is 0 Å². The summed E-state index contributed by atoms with van der Waals surface area (Å²) in [5, 5.41) is 2.79. The molecule has 114 valence electrons. The van der Waals surface area contributed by atoms with Crippen LogP contribution < -0.4 is 10.2 Å². The van der Waals surface area contributed by atoms with Crippen molar-refractivity contribution in [2.45, 2.75) is 12.6 Å². The minimum absolute atomic E-state index is 0.0233. The van der Waals surface area contributed by atoms with Crippen LogP contribution in [0.1, 0.15) is 5.56 Å². The summed E-state index contributed by atoms with van der Waals surface area (Å²) in [6, 6.07) is 12.5. The van der Waals surface area contributed by atoms with E-state index in [0.29, 0.717) is 18.9 Å². The van der Waals surface area contributed by atoms with Crippen molar-refractivity contribution in [2.24, 2.45) is 0 Å². The Labute approximate surface area is 127 Å². The summed E-state index contributed by atoms with van der Waals surface area (Å²) in [6.45, 7) is 1.53. The highest BCUT2D eigenvalue weighted by atomic mass is 19.1. The molecule has 2 aromatic rings. The molecule has 1 aliphatic heterocycles. The SMILES string of the molecule is O=C(NC1CN(c2ccc(F)cn2)C1)OCc1ccccc1. The van der Waals surface area contributed by atoms with Crippen LogP contribution in [0.25, 0.3) is 0 Å². The number of hydrogen-bond donors (Lipinski definition) is 1. The summed E-state index contributed by atoms with van der Waals surface area (Å²) in [6.07, 6.45) is 0.755. The molecule has 1 fully saturated rings. The van der Waals surface area contributed by atoms with Crippen LogP contribution in [-0.4, -0.2) is 30.2 Å². The fourth-order valence-corrected chi connectivity index (χ4v) is 2.24. The number of halogens is 1. The maximum atomic E-state index is 12.8. The van der Waals surface area contributed by atoms with Crippen LogP contribution in [-0.2, 0) is 11.3 Å². The van der Waals surface area contributed by atoms with Gasteiger partial charge in [0.05, 0.1) is 12.2 Å². The molecule has 0 saturated carbocycles. The molecule has 0 unspecified atom stereocenters. The van der Waals surface area contributed by atoms with E-state index in [4.69, 9.17) is 4.74 Å². The smallest absolute Gasteiger partial charge is 0.407 e. The number of nitrogens with one attached hydrogen (secondary N) is 1. The van der Waals surface area contributed by atoms with Gasteiger partial charge in [-0.25, -0.2) is 14.2 Å². The van der Waals surface area contributed by atoms with Crippen LogP contribution in [0.2, 0.25) is 0 Å². The van der Waals surface area contributed by atoms with Gasteiger partial charge in [0.2, 0.25) is 0 Å². The number of rotatable bonds is 4. The first kappa shape index (κ1) is 14.3. The molecule has 1 aromatic carbocycles. The Morgan fingerprint density at radius 3 is 2.73 bits per heavy atom. The first-order valence-corrected chi connectivity index (χ1v) is 7.04. The monoisotopic (exact) mass is 301 g/mol. The lowest BCUT2D eigenvalue weighted by atomic mass is 10.1. The van der Waals surface area contributed by atoms with Crippen LogP contribution in [0.3, 0.4) is 0 Å². The van der Waals surface area contributed by atoms with Gasteiger partial charge in [0.15, 0.2) is 0 Å². The lowest BCUT2D eigenvalue weighted by Gasteiger charge is -2.40. The fourth-order valence-electron chi connectivity index (χ4n) is 2.24. The van der Waals surface area contributed by atoms with Crippen molar-refractivity contribution in [2.75, 3.05) is 18.0 Å². The number of ether oxygens (including phenoxy) is 1. The molecule has 5 nitrogen and oxygen atoms in total. The molecule has 3 rings (SSSR count). The predicted molar refractivity (Wildman–Crippen MR) is 80.0 cm³/mol. The molecule has 0 radical (unpaired) electrons. The Hall–Kier alpha value is -2.63. The molecule has 1 aromatic heterocycles. The van der Waals surface area contributed by atoms with Crippen molar-refractivity contribution in [1.82, 2.24) is 10.3 Å². The van der Waals surface area contributed by atoms with Gasteiger partial charge < -0.3 is 15.0 Å². The number of hydrogen-bond acceptors (Lipinski definition) is 4. The van der Waals surface area contributed by atoms with E-state index in [-0.39, 0.29) is 18.5 Å². The molecule has 1 aliphatic rings. The van der Waals surface area contributed by atoms with Crippen LogP contribution in [0, 0.1) is 5.82 Å². The number of nitrogens with zero attached hydrogens (tertiary/aromatic N) is 2. The predicted octanol–water partition coefficient (Wildman–Crippen LogP) is 2.34. The molecule has 22 heavy (non-hydrogen) atoms. The number of carbonyl (C=O) groups is 1. The second-order valence-corrected chi connectivity index (χ2v) is 5.14. The molecular formula is C16H16FN3O2. The van der Waals surface area contributed by atoms with Gasteiger partial charge in [-0.3, -0.25) is 0 Å². The summed E-state index contributed by atoms with van der Waals surface area (Å²) < 4.78 is 17.9. The van der Waals surface area contributed by atoms with Crippen LogP contribution >= 0.6 is 0 Å². The van der Waals surface area contributed by atoms with Crippen molar-refractivity contribution in [3.63, 3.8) is 0 Å². The standard InChI is InChI=1S/C16H16FN3O2/c17-13-6-7-15(18-8-13)20-9-14(10-20)19-16(21)22-11-12-4-2-1-3-5-12/h1-8,14H,9-11H2,(H,19,21). The van der Waals surface area contributed by atoms with E-state index < -0.39 is 6.09 Å². The summed E-state index contributed by atoms with van der Waals surface area (Å²) in [5.41, 5.74) is 0.948. The van der Waals surface area contributed by atoms with E-state index in [1.165, 1.54) is 12.3 Å². The molecule has 0 spiro atoms. The molecule has 0 bridgehead atoms. The number of alkyl carbamates (subject to hydrolysis) is 1. The number of amides is 1. The lowest BCUT2D eigenvalue weighted by Crippen LogP contribution is -2.59. The highest BCUT2D eigenvalue weighted by Gasteiger charge is 2.29.